The monoisotopic (exact) mass is 370 g/mol. The van der Waals surface area contributed by atoms with E-state index in [9.17, 15) is 20.2 Å². The molecule has 0 saturated heterocycles. The molecule has 0 atom stereocenters. The van der Waals surface area contributed by atoms with Crippen LogP contribution in [0.3, 0.4) is 0 Å². The second-order valence-corrected chi connectivity index (χ2v) is 6.12. The van der Waals surface area contributed by atoms with E-state index in [1.807, 2.05) is 18.2 Å². The molecule has 0 unspecified atom stereocenters. The molecule has 0 heterocycles. The molecule has 0 aliphatic heterocycles. The van der Waals surface area contributed by atoms with Crippen LogP contribution in [0.2, 0.25) is 0 Å². The number of aryl methyl sites for hydroxylation is 1. The molecule has 9 heteroatoms. The number of ether oxygens (including phenoxy) is 1. The Labute approximate surface area is 155 Å². The lowest BCUT2D eigenvalue weighted by molar-refractivity contribution is -0.393. The molecule has 1 aliphatic carbocycles. The zero-order chi connectivity index (χ0) is 19.4. The van der Waals surface area contributed by atoms with Crippen LogP contribution in [0.15, 0.2) is 41.5 Å². The maximum Gasteiger partial charge on any atom is 0.301 e. The molecule has 0 fully saturated rings. The van der Waals surface area contributed by atoms with E-state index in [0.29, 0.717) is 0 Å². The molecule has 1 aliphatic rings. The van der Waals surface area contributed by atoms with E-state index in [-0.39, 0.29) is 11.4 Å². The number of fused-ring (bicyclic) bond motifs is 1. The highest BCUT2D eigenvalue weighted by Gasteiger charge is 2.20. The topological polar surface area (TPSA) is 120 Å². The van der Waals surface area contributed by atoms with Crippen molar-refractivity contribution in [3.8, 4) is 5.75 Å². The van der Waals surface area contributed by atoms with E-state index in [4.69, 9.17) is 4.74 Å². The van der Waals surface area contributed by atoms with Crippen molar-refractivity contribution in [1.82, 2.24) is 0 Å². The summed E-state index contributed by atoms with van der Waals surface area (Å²) in [4.78, 5) is 20.8. The highest BCUT2D eigenvalue weighted by Crippen LogP contribution is 2.30. The second kappa shape index (κ2) is 7.81. The minimum absolute atomic E-state index is 0.109. The Bertz CT molecular complexity index is 926. The summed E-state index contributed by atoms with van der Waals surface area (Å²) >= 11 is 0. The van der Waals surface area contributed by atoms with Gasteiger partial charge in [0, 0.05) is 11.6 Å². The molecule has 0 spiro atoms. The number of nitrogens with zero attached hydrogens (tertiary/aromatic N) is 3. The Hall–Kier alpha value is -3.49. The van der Waals surface area contributed by atoms with Crippen molar-refractivity contribution in [3.63, 3.8) is 0 Å². The first-order valence-corrected chi connectivity index (χ1v) is 8.42. The SMILES string of the molecule is COc1ccc2c(c1)CCCCC2=NNc1ccc([N+](=O)[O-])cc1[N+](=O)[O-]. The summed E-state index contributed by atoms with van der Waals surface area (Å²) in [5, 5.41) is 26.5. The van der Waals surface area contributed by atoms with E-state index in [1.54, 1.807) is 7.11 Å². The molecule has 0 radical (unpaired) electrons. The number of hydrazone groups is 1. The number of hydrogen-bond donors (Lipinski definition) is 1. The summed E-state index contributed by atoms with van der Waals surface area (Å²) in [5.41, 5.74) is 4.98. The van der Waals surface area contributed by atoms with Crippen LogP contribution in [0, 0.1) is 20.2 Å². The summed E-state index contributed by atoms with van der Waals surface area (Å²) < 4.78 is 5.27. The van der Waals surface area contributed by atoms with Crippen molar-refractivity contribution in [2.75, 3.05) is 12.5 Å². The smallest absolute Gasteiger partial charge is 0.301 e. The summed E-state index contributed by atoms with van der Waals surface area (Å²) in [6, 6.07) is 9.20. The molecule has 0 amide bonds. The Morgan fingerprint density at radius 3 is 2.52 bits per heavy atom. The standard InChI is InChI=1S/C18H18N4O5/c1-27-14-7-8-15-12(10-14)4-2-3-5-16(15)19-20-17-9-6-13(21(23)24)11-18(17)22(25)26/h6-11,20H,2-5H2,1H3. The van der Waals surface area contributed by atoms with E-state index < -0.39 is 15.5 Å². The molecule has 0 saturated carbocycles. The fourth-order valence-corrected chi connectivity index (χ4v) is 3.05. The third-order valence-electron chi connectivity index (χ3n) is 4.43. The van der Waals surface area contributed by atoms with Gasteiger partial charge in [-0.25, -0.2) is 0 Å². The molecule has 140 valence electrons. The second-order valence-electron chi connectivity index (χ2n) is 6.12. The Morgan fingerprint density at radius 1 is 1.04 bits per heavy atom. The lowest BCUT2D eigenvalue weighted by Gasteiger charge is -2.10. The van der Waals surface area contributed by atoms with E-state index in [0.717, 1.165) is 54.3 Å². The first-order valence-electron chi connectivity index (χ1n) is 8.42. The van der Waals surface area contributed by atoms with Gasteiger partial charge in [-0.1, -0.05) is 0 Å². The van der Waals surface area contributed by atoms with Crippen LogP contribution in [-0.4, -0.2) is 22.7 Å². The molecule has 9 nitrogen and oxygen atoms in total. The van der Waals surface area contributed by atoms with Crippen LogP contribution < -0.4 is 10.2 Å². The number of methoxy groups -OCH3 is 1. The Balaban J connectivity index is 1.94. The molecule has 3 rings (SSSR count). The average Bonchev–Trinajstić information content (AvgIpc) is 2.87. The number of nitrogens with one attached hydrogen (secondary N) is 1. The molecule has 0 aromatic heterocycles. The van der Waals surface area contributed by atoms with Gasteiger partial charge in [0.25, 0.3) is 5.69 Å². The van der Waals surface area contributed by atoms with Gasteiger partial charge in [0.15, 0.2) is 0 Å². The van der Waals surface area contributed by atoms with Crippen molar-refractivity contribution in [2.45, 2.75) is 25.7 Å². The summed E-state index contributed by atoms with van der Waals surface area (Å²) in [6.07, 6.45) is 3.59. The number of anilines is 1. The quantitative estimate of drug-likeness (QED) is 0.481. The van der Waals surface area contributed by atoms with Gasteiger partial charge >= 0.3 is 5.69 Å². The average molecular weight is 370 g/mol. The molecular formula is C18H18N4O5. The third-order valence-corrected chi connectivity index (χ3v) is 4.43. The normalized spacial score (nSPS) is 14.9. The Morgan fingerprint density at radius 2 is 1.81 bits per heavy atom. The van der Waals surface area contributed by atoms with Crippen molar-refractivity contribution >= 4 is 22.8 Å². The van der Waals surface area contributed by atoms with Crippen LogP contribution >= 0.6 is 0 Å². The zero-order valence-electron chi connectivity index (χ0n) is 14.7. The molecule has 27 heavy (non-hydrogen) atoms. The molecule has 1 N–H and O–H groups in total. The number of nitro benzene ring substituents is 2. The molecule has 0 bridgehead atoms. The van der Waals surface area contributed by atoms with Crippen LogP contribution in [-0.2, 0) is 6.42 Å². The van der Waals surface area contributed by atoms with Crippen molar-refractivity contribution < 1.29 is 14.6 Å². The van der Waals surface area contributed by atoms with Gasteiger partial charge in [0.1, 0.15) is 11.4 Å². The fraction of sp³-hybridized carbons (Fsp3) is 0.278. The number of non-ortho nitro benzene ring substituents is 1. The maximum absolute atomic E-state index is 11.3. The van der Waals surface area contributed by atoms with Gasteiger partial charge in [-0.3, -0.25) is 25.7 Å². The maximum atomic E-state index is 11.3. The van der Waals surface area contributed by atoms with E-state index in [1.165, 1.54) is 12.1 Å². The number of hydrogen-bond acceptors (Lipinski definition) is 7. The highest BCUT2D eigenvalue weighted by atomic mass is 16.6. The molecular weight excluding hydrogens is 352 g/mol. The Kier molecular flexibility index (Phi) is 5.30. The number of nitro groups is 2. The van der Waals surface area contributed by atoms with Gasteiger partial charge in [0.2, 0.25) is 0 Å². The zero-order valence-corrected chi connectivity index (χ0v) is 14.7. The largest absolute Gasteiger partial charge is 0.497 e. The fourth-order valence-electron chi connectivity index (χ4n) is 3.05. The van der Waals surface area contributed by atoms with Crippen LogP contribution in [0.4, 0.5) is 17.1 Å². The predicted molar refractivity (Wildman–Crippen MR) is 100 cm³/mol. The first kappa shape index (κ1) is 18.3. The summed E-state index contributed by atoms with van der Waals surface area (Å²) in [5.74, 6) is 0.772. The van der Waals surface area contributed by atoms with Gasteiger partial charge in [-0.15, -0.1) is 0 Å². The highest BCUT2D eigenvalue weighted by molar-refractivity contribution is 6.02. The lowest BCUT2D eigenvalue weighted by Crippen LogP contribution is -2.07. The lowest BCUT2D eigenvalue weighted by atomic mass is 10.0. The van der Waals surface area contributed by atoms with Gasteiger partial charge in [-0.05, 0) is 55.5 Å². The van der Waals surface area contributed by atoms with Crippen molar-refractivity contribution in [2.24, 2.45) is 5.10 Å². The van der Waals surface area contributed by atoms with E-state index in [2.05, 4.69) is 10.5 Å². The molecule has 2 aromatic carbocycles. The van der Waals surface area contributed by atoms with Gasteiger partial charge in [0.05, 0.1) is 28.7 Å². The first-order chi connectivity index (χ1) is 13.0. The predicted octanol–water partition coefficient (Wildman–Crippen LogP) is 4.05. The van der Waals surface area contributed by atoms with Crippen LogP contribution in [0.5, 0.6) is 5.75 Å². The van der Waals surface area contributed by atoms with Gasteiger partial charge < -0.3 is 4.74 Å². The van der Waals surface area contributed by atoms with Gasteiger partial charge in [-0.2, -0.15) is 5.10 Å². The summed E-state index contributed by atoms with van der Waals surface area (Å²) in [6.45, 7) is 0. The van der Waals surface area contributed by atoms with Crippen LogP contribution in [0.25, 0.3) is 0 Å². The number of benzene rings is 2. The molecule has 2 aromatic rings. The van der Waals surface area contributed by atoms with Crippen molar-refractivity contribution in [3.05, 3.63) is 67.8 Å². The minimum atomic E-state index is -0.669. The summed E-state index contributed by atoms with van der Waals surface area (Å²) in [7, 11) is 1.61. The minimum Gasteiger partial charge on any atom is -0.497 e. The van der Waals surface area contributed by atoms with Crippen molar-refractivity contribution in [1.29, 1.82) is 0 Å². The third kappa shape index (κ3) is 4.02. The van der Waals surface area contributed by atoms with E-state index >= 15 is 0 Å². The number of rotatable bonds is 5. The van der Waals surface area contributed by atoms with Crippen LogP contribution in [0.1, 0.15) is 30.4 Å².